The summed E-state index contributed by atoms with van der Waals surface area (Å²) in [5.74, 6) is 0.571. The highest BCUT2D eigenvalue weighted by molar-refractivity contribution is 5.99. The molecule has 2 rings (SSSR count). The molecule has 0 aliphatic heterocycles. The maximum absolute atomic E-state index is 11.7. The van der Waals surface area contributed by atoms with E-state index in [0.29, 0.717) is 12.4 Å². The average Bonchev–Trinajstić information content (AvgIpc) is 2.77. The van der Waals surface area contributed by atoms with E-state index in [1.54, 1.807) is 23.0 Å². The fourth-order valence-electron chi connectivity index (χ4n) is 1.75. The van der Waals surface area contributed by atoms with Crippen molar-refractivity contribution in [2.75, 3.05) is 5.32 Å². The molecule has 0 spiro atoms. The Balaban J connectivity index is 2.10. The minimum Gasteiger partial charge on any atom is -0.307 e. The van der Waals surface area contributed by atoms with Crippen LogP contribution in [0.25, 0.3) is 0 Å². The first-order chi connectivity index (χ1) is 9.15. The Labute approximate surface area is 112 Å². The lowest BCUT2D eigenvalue weighted by atomic mass is 10.2. The van der Waals surface area contributed by atoms with Crippen molar-refractivity contribution in [1.82, 2.24) is 9.78 Å². The Morgan fingerprint density at radius 1 is 1.26 bits per heavy atom. The highest BCUT2D eigenvalue weighted by atomic mass is 16.1. The molecule has 2 aromatic rings. The van der Waals surface area contributed by atoms with Crippen LogP contribution in [0.3, 0.4) is 0 Å². The molecule has 0 bridgehead atoms. The minimum absolute atomic E-state index is 0.130. The van der Waals surface area contributed by atoms with Gasteiger partial charge in [0.15, 0.2) is 0 Å². The number of carbonyl (C=O) groups excluding carboxylic acids is 1. The van der Waals surface area contributed by atoms with Gasteiger partial charge in [-0.1, -0.05) is 35.9 Å². The Kier molecular flexibility index (Phi) is 4.13. The van der Waals surface area contributed by atoms with E-state index in [9.17, 15) is 4.79 Å². The van der Waals surface area contributed by atoms with E-state index in [1.807, 2.05) is 44.2 Å². The summed E-state index contributed by atoms with van der Waals surface area (Å²) >= 11 is 0. The van der Waals surface area contributed by atoms with Crippen molar-refractivity contribution in [3.05, 3.63) is 59.8 Å². The maximum Gasteiger partial charge on any atom is 0.249 e. The van der Waals surface area contributed by atoms with Gasteiger partial charge in [0.05, 0.1) is 12.7 Å². The molecule has 0 radical (unpaired) electrons. The molecule has 1 aromatic heterocycles. The van der Waals surface area contributed by atoms with Gasteiger partial charge in [-0.25, -0.2) is 4.68 Å². The zero-order chi connectivity index (χ0) is 13.7. The van der Waals surface area contributed by atoms with Crippen LogP contribution in [0.2, 0.25) is 0 Å². The zero-order valence-corrected chi connectivity index (χ0v) is 11.1. The molecule has 1 heterocycles. The Morgan fingerprint density at radius 3 is 2.68 bits per heavy atom. The van der Waals surface area contributed by atoms with Crippen molar-refractivity contribution in [2.24, 2.45) is 0 Å². The number of allylic oxidation sites excluding steroid dienone is 1. The first-order valence-electron chi connectivity index (χ1n) is 6.17. The fraction of sp³-hybridized carbons (Fsp3) is 0.200. The summed E-state index contributed by atoms with van der Waals surface area (Å²) in [7, 11) is 0. The number of hydrogen-bond donors (Lipinski definition) is 1. The summed E-state index contributed by atoms with van der Waals surface area (Å²) in [5, 5.41) is 7.05. The lowest BCUT2D eigenvalue weighted by Gasteiger charge is -2.08. The van der Waals surface area contributed by atoms with Crippen LogP contribution in [-0.2, 0) is 11.3 Å². The van der Waals surface area contributed by atoms with Gasteiger partial charge in [-0.3, -0.25) is 4.79 Å². The highest BCUT2D eigenvalue weighted by Gasteiger charge is 2.05. The number of rotatable bonds is 4. The molecule has 4 heteroatoms. The summed E-state index contributed by atoms with van der Waals surface area (Å²) in [5.41, 5.74) is 2.11. The van der Waals surface area contributed by atoms with Crippen molar-refractivity contribution in [3.63, 3.8) is 0 Å². The van der Waals surface area contributed by atoms with Gasteiger partial charge in [-0.2, -0.15) is 5.10 Å². The van der Waals surface area contributed by atoms with E-state index in [1.165, 1.54) is 0 Å². The van der Waals surface area contributed by atoms with Crippen molar-refractivity contribution >= 4 is 11.7 Å². The van der Waals surface area contributed by atoms with Crippen molar-refractivity contribution in [1.29, 1.82) is 0 Å². The SMILES string of the molecule is CC(C)=CC(=O)Nc1ccnn1Cc1ccccc1. The van der Waals surface area contributed by atoms with Gasteiger partial charge in [0.25, 0.3) is 0 Å². The first kappa shape index (κ1) is 13.1. The Hall–Kier alpha value is -2.36. The summed E-state index contributed by atoms with van der Waals surface area (Å²) in [6, 6.07) is 11.8. The molecule has 0 atom stereocenters. The standard InChI is InChI=1S/C15H17N3O/c1-12(2)10-15(19)17-14-8-9-16-18(14)11-13-6-4-3-5-7-13/h3-10H,11H2,1-2H3,(H,17,19). The Morgan fingerprint density at radius 2 is 2.00 bits per heavy atom. The average molecular weight is 255 g/mol. The van der Waals surface area contributed by atoms with Crippen LogP contribution in [0.4, 0.5) is 5.82 Å². The third kappa shape index (κ3) is 3.81. The van der Waals surface area contributed by atoms with E-state index in [0.717, 1.165) is 11.1 Å². The van der Waals surface area contributed by atoms with Crippen molar-refractivity contribution < 1.29 is 4.79 Å². The third-order valence-corrected chi connectivity index (χ3v) is 2.56. The van der Waals surface area contributed by atoms with Crippen LogP contribution in [0.15, 0.2) is 54.2 Å². The Bertz CT molecular complexity index is 580. The molecule has 0 unspecified atom stereocenters. The van der Waals surface area contributed by atoms with E-state index in [-0.39, 0.29) is 5.91 Å². The minimum atomic E-state index is -0.130. The number of nitrogens with one attached hydrogen (secondary N) is 1. The first-order valence-corrected chi connectivity index (χ1v) is 6.17. The number of anilines is 1. The largest absolute Gasteiger partial charge is 0.307 e. The van der Waals surface area contributed by atoms with Crippen molar-refractivity contribution in [2.45, 2.75) is 20.4 Å². The van der Waals surface area contributed by atoms with Crippen molar-refractivity contribution in [3.8, 4) is 0 Å². The number of carbonyl (C=O) groups is 1. The van der Waals surface area contributed by atoms with Gasteiger partial charge in [0.2, 0.25) is 5.91 Å². The van der Waals surface area contributed by atoms with E-state index < -0.39 is 0 Å². The molecule has 0 fully saturated rings. The summed E-state index contributed by atoms with van der Waals surface area (Å²) in [4.78, 5) is 11.7. The molecule has 0 aliphatic rings. The quantitative estimate of drug-likeness (QED) is 0.854. The molecule has 1 amide bonds. The van der Waals surface area contributed by atoms with Gasteiger partial charge < -0.3 is 5.32 Å². The molecular formula is C15H17N3O. The van der Waals surface area contributed by atoms with Crippen LogP contribution in [0.1, 0.15) is 19.4 Å². The second-order valence-electron chi connectivity index (χ2n) is 4.57. The number of benzene rings is 1. The molecule has 4 nitrogen and oxygen atoms in total. The van der Waals surface area contributed by atoms with Gasteiger partial charge >= 0.3 is 0 Å². The predicted molar refractivity (Wildman–Crippen MR) is 75.8 cm³/mol. The topological polar surface area (TPSA) is 46.9 Å². The molecule has 1 aromatic carbocycles. The summed E-state index contributed by atoms with van der Waals surface area (Å²) < 4.78 is 1.77. The van der Waals surface area contributed by atoms with Crippen LogP contribution in [-0.4, -0.2) is 15.7 Å². The number of hydrogen-bond acceptors (Lipinski definition) is 2. The molecule has 98 valence electrons. The van der Waals surface area contributed by atoms with Gasteiger partial charge in [-0.15, -0.1) is 0 Å². The highest BCUT2D eigenvalue weighted by Crippen LogP contribution is 2.10. The third-order valence-electron chi connectivity index (χ3n) is 2.56. The fourth-order valence-corrected chi connectivity index (χ4v) is 1.75. The van der Waals surface area contributed by atoms with E-state index in [2.05, 4.69) is 10.4 Å². The van der Waals surface area contributed by atoms with Crippen LogP contribution >= 0.6 is 0 Å². The molecular weight excluding hydrogens is 238 g/mol. The molecule has 0 saturated heterocycles. The maximum atomic E-state index is 11.7. The molecule has 0 aliphatic carbocycles. The second-order valence-corrected chi connectivity index (χ2v) is 4.57. The van der Waals surface area contributed by atoms with Crippen LogP contribution in [0, 0.1) is 0 Å². The molecule has 0 saturated carbocycles. The van der Waals surface area contributed by atoms with Crippen LogP contribution in [0.5, 0.6) is 0 Å². The van der Waals surface area contributed by atoms with E-state index >= 15 is 0 Å². The lowest BCUT2D eigenvalue weighted by Crippen LogP contribution is -2.14. The van der Waals surface area contributed by atoms with Crippen LogP contribution < -0.4 is 5.32 Å². The monoisotopic (exact) mass is 255 g/mol. The van der Waals surface area contributed by atoms with Gasteiger partial charge in [0.1, 0.15) is 5.82 Å². The molecule has 1 N–H and O–H groups in total. The summed E-state index contributed by atoms with van der Waals surface area (Å²) in [6.45, 7) is 4.42. The van der Waals surface area contributed by atoms with Gasteiger partial charge in [0, 0.05) is 12.1 Å². The molecule has 19 heavy (non-hydrogen) atoms. The smallest absolute Gasteiger partial charge is 0.249 e. The number of amides is 1. The number of aromatic nitrogens is 2. The predicted octanol–water partition coefficient (Wildman–Crippen LogP) is 2.84. The zero-order valence-electron chi connectivity index (χ0n) is 11.1. The lowest BCUT2D eigenvalue weighted by molar-refractivity contribution is -0.112. The van der Waals surface area contributed by atoms with E-state index in [4.69, 9.17) is 0 Å². The normalized spacial score (nSPS) is 10.0. The number of nitrogens with zero attached hydrogens (tertiary/aromatic N) is 2. The summed E-state index contributed by atoms with van der Waals surface area (Å²) in [6.07, 6.45) is 3.25. The second kappa shape index (κ2) is 6.00. The van der Waals surface area contributed by atoms with Gasteiger partial charge in [-0.05, 0) is 19.4 Å².